The molecule has 1 heterocycles. The Morgan fingerprint density at radius 2 is 1.45 bits per heavy atom. The molecule has 11 nitrogen and oxygen atoms in total. The van der Waals surface area contributed by atoms with Gasteiger partial charge in [-0.1, -0.05) is 76.2 Å². The summed E-state index contributed by atoms with van der Waals surface area (Å²) >= 11 is 0. The van der Waals surface area contributed by atoms with Crippen LogP contribution in [-0.4, -0.2) is 50.1 Å². The molecule has 1 aromatic heterocycles. The fourth-order valence-corrected chi connectivity index (χ4v) is 3.94. The SMILES string of the molecule is CC(C)C[C@H](NC(=O)[C@H](CC(C)C)NC(=O)OCc1ccccc1)C(=O)Cn1nnc(COc2ccccc2)n1. The van der Waals surface area contributed by atoms with Crippen LogP contribution in [0.15, 0.2) is 60.7 Å². The molecule has 0 bridgehead atoms. The highest BCUT2D eigenvalue weighted by atomic mass is 16.5. The Morgan fingerprint density at radius 1 is 0.825 bits per heavy atom. The number of ether oxygens (including phenoxy) is 2. The first-order valence-electron chi connectivity index (χ1n) is 13.4. The average molecular weight is 551 g/mol. The number of nitrogens with one attached hydrogen (secondary N) is 2. The molecule has 2 amide bonds. The number of nitrogens with zero attached hydrogens (tertiary/aromatic N) is 4. The summed E-state index contributed by atoms with van der Waals surface area (Å²) in [6.07, 6.45) is 0.0915. The number of ketones is 1. The smallest absolute Gasteiger partial charge is 0.408 e. The van der Waals surface area contributed by atoms with E-state index >= 15 is 0 Å². The normalized spacial score (nSPS) is 12.6. The van der Waals surface area contributed by atoms with Crippen molar-refractivity contribution in [3.63, 3.8) is 0 Å². The average Bonchev–Trinajstić information content (AvgIpc) is 3.37. The van der Waals surface area contributed by atoms with Crippen molar-refractivity contribution in [3.05, 3.63) is 72.1 Å². The number of hydrogen-bond donors (Lipinski definition) is 2. The number of benzene rings is 2. The lowest BCUT2D eigenvalue weighted by Gasteiger charge is -2.24. The maximum absolute atomic E-state index is 13.3. The van der Waals surface area contributed by atoms with Gasteiger partial charge in [0.05, 0.1) is 6.04 Å². The molecule has 0 saturated heterocycles. The number of carbonyl (C=O) groups is 3. The molecule has 0 spiro atoms. The first-order chi connectivity index (χ1) is 19.2. The lowest BCUT2D eigenvalue weighted by Crippen LogP contribution is -2.52. The van der Waals surface area contributed by atoms with Crippen LogP contribution in [0.5, 0.6) is 5.75 Å². The Balaban J connectivity index is 1.59. The van der Waals surface area contributed by atoms with Gasteiger partial charge in [0.15, 0.2) is 12.4 Å². The van der Waals surface area contributed by atoms with Gasteiger partial charge in [-0.15, -0.1) is 10.2 Å². The van der Waals surface area contributed by atoms with Crippen LogP contribution in [0, 0.1) is 11.8 Å². The van der Waals surface area contributed by atoms with Gasteiger partial charge in [-0.2, -0.15) is 4.80 Å². The minimum Gasteiger partial charge on any atom is -0.485 e. The molecule has 214 valence electrons. The fraction of sp³-hybridized carbons (Fsp3) is 0.448. The van der Waals surface area contributed by atoms with E-state index in [1.54, 1.807) is 0 Å². The van der Waals surface area contributed by atoms with Gasteiger partial charge in [-0.3, -0.25) is 9.59 Å². The summed E-state index contributed by atoms with van der Waals surface area (Å²) in [6.45, 7) is 7.84. The molecule has 0 fully saturated rings. The monoisotopic (exact) mass is 550 g/mol. The van der Waals surface area contributed by atoms with Gasteiger partial charge in [-0.25, -0.2) is 4.79 Å². The molecule has 2 aromatic carbocycles. The van der Waals surface area contributed by atoms with Crippen LogP contribution in [0.2, 0.25) is 0 Å². The topological polar surface area (TPSA) is 137 Å². The molecule has 11 heteroatoms. The molecule has 40 heavy (non-hydrogen) atoms. The molecule has 0 unspecified atom stereocenters. The summed E-state index contributed by atoms with van der Waals surface area (Å²) in [5.74, 6) is 0.512. The van der Waals surface area contributed by atoms with Gasteiger partial charge >= 0.3 is 6.09 Å². The zero-order chi connectivity index (χ0) is 28.9. The fourth-order valence-electron chi connectivity index (χ4n) is 3.94. The highest BCUT2D eigenvalue weighted by Crippen LogP contribution is 2.12. The molecule has 2 atom stereocenters. The number of Topliss-reactive ketones (excluding diaryl/α,β-unsaturated/α-hetero) is 1. The minimum absolute atomic E-state index is 0.0838. The Morgan fingerprint density at radius 3 is 2.10 bits per heavy atom. The zero-order valence-electron chi connectivity index (χ0n) is 23.4. The van der Waals surface area contributed by atoms with Crippen molar-refractivity contribution in [1.82, 2.24) is 30.8 Å². The Kier molecular flexibility index (Phi) is 11.6. The number of amides is 2. The number of alkyl carbamates (subject to hydrolysis) is 1. The van der Waals surface area contributed by atoms with E-state index in [1.165, 1.54) is 4.80 Å². The first kappa shape index (κ1) is 30.3. The second-order valence-corrected chi connectivity index (χ2v) is 10.4. The van der Waals surface area contributed by atoms with E-state index in [9.17, 15) is 14.4 Å². The molecule has 3 aromatic rings. The second kappa shape index (κ2) is 15.3. The maximum Gasteiger partial charge on any atom is 0.408 e. The Hall–Kier alpha value is -4.28. The molecule has 0 saturated carbocycles. The van der Waals surface area contributed by atoms with Gasteiger partial charge in [0, 0.05) is 0 Å². The summed E-state index contributed by atoms with van der Waals surface area (Å²) < 4.78 is 10.9. The van der Waals surface area contributed by atoms with Gasteiger partial charge in [0.1, 0.15) is 24.9 Å². The zero-order valence-corrected chi connectivity index (χ0v) is 23.4. The Bertz CT molecular complexity index is 1220. The standard InChI is InChI=1S/C29H38N6O5/c1-20(2)15-24(26(36)17-35-33-27(32-34-35)19-39-23-13-9-6-10-14-23)30-28(37)25(16-21(3)4)31-29(38)40-18-22-11-7-5-8-12-22/h5-14,20-21,24-25H,15-19H2,1-4H3,(H,30,37)(H,31,38)/t24-,25-/m0/s1. The molecule has 0 radical (unpaired) electrons. The third-order valence-corrected chi connectivity index (χ3v) is 5.84. The van der Waals surface area contributed by atoms with Crippen molar-refractivity contribution in [1.29, 1.82) is 0 Å². The quantitative estimate of drug-likeness (QED) is 0.292. The summed E-state index contributed by atoms with van der Waals surface area (Å²) in [7, 11) is 0. The van der Waals surface area contributed by atoms with Crippen LogP contribution < -0.4 is 15.4 Å². The van der Waals surface area contributed by atoms with Crippen molar-refractivity contribution in [2.24, 2.45) is 11.8 Å². The van der Waals surface area contributed by atoms with E-state index in [-0.39, 0.29) is 37.4 Å². The molecule has 3 rings (SSSR count). The van der Waals surface area contributed by atoms with Crippen LogP contribution >= 0.6 is 0 Å². The van der Waals surface area contributed by atoms with Gasteiger partial charge < -0.3 is 20.1 Å². The number of aromatic nitrogens is 4. The predicted octanol–water partition coefficient (Wildman–Crippen LogP) is 3.69. The highest BCUT2D eigenvalue weighted by Gasteiger charge is 2.28. The van der Waals surface area contributed by atoms with Crippen LogP contribution in [0.25, 0.3) is 0 Å². The largest absolute Gasteiger partial charge is 0.485 e. The summed E-state index contributed by atoms with van der Waals surface area (Å²) in [5, 5.41) is 17.6. The van der Waals surface area contributed by atoms with Crippen LogP contribution in [0.3, 0.4) is 0 Å². The molecule has 0 aliphatic heterocycles. The van der Waals surface area contributed by atoms with E-state index in [2.05, 4.69) is 26.0 Å². The van der Waals surface area contributed by atoms with Crippen molar-refractivity contribution < 1.29 is 23.9 Å². The van der Waals surface area contributed by atoms with Crippen LogP contribution in [-0.2, 0) is 34.1 Å². The molecule has 0 aliphatic rings. The Labute approximate surface area is 234 Å². The van der Waals surface area contributed by atoms with E-state index in [1.807, 2.05) is 88.4 Å². The highest BCUT2D eigenvalue weighted by molar-refractivity contribution is 5.92. The van der Waals surface area contributed by atoms with Crippen molar-refractivity contribution in [2.45, 2.75) is 72.4 Å². The first-order valence-corrected chi connectivity index (χ1v) is 13.4. The molecular formula is C29H38N6O5. The number of hydrogen-bond acceptors (Lipinski definition) is 8. The van der Waals surface area contributed by atoms with Gasteiger partial charge in [-0.05, 0) is 47.6 Å². The summed E-state index contributed by atoms with van der Waals surface area (Å²) in [6, 6.07) is 16.8. The van der Waals surface area contributed by atoms with E-state index in [0.717, 1.165) is 5.56 Å². The van der Waals surface area contributed by atoms with Crippen molar-refractivity contribution in [2.75, 3.05) is 0 Å². The van der Waals surface area contributed by atoms with Crippen molar-refractivity contribution in [3.8, 4) is 5.75 Å². The van der Waals surface area contributed by atoms with Crippen LogP contribution in [0.1, 0.15) is 51.9 Å². The number of carbonyl (C=O) groups excluding carboxylic acids is 3. The third kappa shape index (κ3) is 10.5. The van der Waals surface area contributed by atoms with E-state index in [0.29, 0.717) is 24.4 Å². The van der Waals surface area contributed by atoms with E-state index in [4.69, 9.17) is 9.47 Å². The molecule has 0 aliphatic carbocycles. The minimum atomic E-state index is -0.864. The second-order valence-electron chi connectivity index (χ2n) is 10.4. The lowest BCUT2D eigenvalue weighted by atomic mass is 9.98. The lowest BCUT2D eigenvalue weighted by molar-refractivity contribution is -0.130. The summed E-state index contributed by atoms with van der Waals surface area (Å²) in [4.78, 5) is 40.1. The molecule has 2 N–H and O–H groups in total. The van der Waals surface area contributed by atoms with Gasteiger partial charge in [0.25, 0.3) is 0 Å². The maximum atomic E-state index is 13.3. The van der Waals surface area contributed by atoms with Gasteiger partial charge in [0.2, 0.25) is 11.7 Å². The number of para-hydroxylation sites is 1. The van der Waals surface area contributed by atoms with E-state index < -0.39 is 24.1 Å². The van der Waals surface area contributed by atoms with Crippen molar-refractivity contribution >= 4 is 17.8 Å². The predicted molar refractivity (Wildman–Crippen MR) is 148 cm³/mol. The molecular weight excluding hydrogens is 512 g/mol. The van der Waals surface area contributed by atoms with Crippen LogP contribution in [0.4, 0.5) is 4.79 Å². The number of tetrazole rings is 1. The number of rotatable bonds is 15. The third-order valence-electron chi connectivity index (χ3n) is 5.84. The summed E-state index contributed by atoms with van der Waals surface area (Å²) in [5.41, 5.74) is 0.835.